The van der Waals surface area contributed by atoms with Gasteiger partial charge in [0.25, 0.3) is 0 Å². The molecule has 1 aliphatic heterocycles. The maximum Gasteiger partial charge on any atom is 0.0548 e. The van der Waals surface area contributed by atoms with Crippen LogP contribution in [-0.4, -0.2) is 24.0 Å². The lowest BCUT2D eigenvalue weighted by Gasteiger charge is -2.16. The maximum absolute atomic E-state index is 6.35. The number of nitrogens with two attached hydrogens (primary N) is 1. The zero-order chi connectivity index (χ0) is 14.8. The average Bonchev–Trinajstić information content (AvgIpc) is 2.84. The molecule has 2 aromatic rings. The number of rotatable bonds is 3. The molecule has 3 rings (SSSR count). The van der Waals surface area contributed by atoms with Crippen molar-refractivity contribution in [2.75, 3.05) is 13.1 Å². The van der Waals surface area contributed by atoms with Crippen LogP contribution in [0.2, 0.25) is 5.02 Å². The topological polar surface area (TPSA) is 29.3 Å². The Balaban J connectivity index is 1.72. The quantitative estimate of drug-likeness (QED) is 0.890. The van der Waals surface area contributed by atoms with Crippen molar-refractivity contribution in [3.63, 3.8) is 0 Å². The minimum absolute atomic E-state index is 0.168. The van der Waals surface area contributed by atoms with E-state index in [2.05, 4.69) is 57.2 Å². The molecule has 0 radical (unpaired) electrons. The first-order valence-corrected chi connectivity index (χ1v) is 8.27. The van der Waals surface area contributed by atoms with Crippen LogP contribution < -0.4 is 5.73 Å². The Bertz CT molecular complexity index is 617. The normalized spacial score (nSPS) is 22.6. The predicted octanol–water partition coefficient (Wildman–Crippen LogP) is 4.03. The van der Waals surface area contributed by atoms with Crippen molar-refractivity contribution in [2.24, 2.45) is 5.73 Å². The van der Waals surface area contributed by atoms with Crippen molar-refractivity contribution in [3.05, 3.63) is 69.2 Å². The molecule has 1 saturated heterocycles. The van der Waals surface area contributed by atoms with E-state index < -0.39 is 0 Å². The van der Waals surface area contributed by atoms with Crippen LogP contribution in [0.4, 0.5) is 0 Å². The van der Waals surface area contributed by atoms with E-state index in [0.717, 1.165) is 29.1 Å². The Morgan fingerprint density at radius 1 is 1.14 bits per heavy atom. The van der Waals surface area contributed by atoms with E-state index in [4.69, 9.17) is 17.3 Å². The lowest BCUT2D eigenvalue weighted by molar-refractivity contribution is 0.324. The molecule has 1 aliphatic rings. The van der Waals surface area contributed by atoms with Crippen molar-refractivity contribution >= 4 is 27.5 Å². The summed E-state index contributed by atoms with van der Waals surface area (Å²) in [6, 6.07) is 16.8. The van der Waals surface area contributed by atoms with Gasteiger partial charge in [-0.15, -0.1) is 0 Å². The maximum atomic E-state index is 6.35. The van der Waals surface area contributed by atoms with Crippen LogP contribution in [0.5, 0.6) is 0 Å². The Morgan fingerprint density at radius 3 is 2.62 bits per heavy atom. The Hall–Kier alpha value is -0.870. The zero-order valence-corrected chi connectivity index (χ0v) is 14.0. The van der Waals surface area contributed by atoms with E-state index in [0.29, 0.717) is 5.92 Å². The van der Waals surface area contributed by atoms with Crippen LogP contribution >= 0.6 is 27.5 Å². The molecule has 1 heterocycles. The van der Waals surface area contributed by atoms with Crippen molar-refractivity contribution in [1.82, 2.24) is 4.90 Å². The molecule has 0 aromatic heterocycles. The van der Waals surface area contributed by atoms with Gasteiger partial charge in [-0.1, -0.05) is 48.0 Å². The first-order valence-electron chi connectivity index (χ1n) is 7.10. The number of nitrogens with zero attached hydrogens (tertiary/aromatic N) is 1. The van der Waals surface area contributed by atoms with Gasteiger partial charge in [-0.25, -0.2) is 0 Å². The fraction of sp³-hybridized carbons (Fsp3) is 0.294. The van der Waals surface area contributed by atoms with Gasteiger partial charge >= 0.3 is 0 Å². The largest absolute Gasteiger partial charge is 0.326 e. The molecular weight excluding hydrogens is 348 g/mol. The number of halogens is 2. The Morgan fingerprint density at radius 2 is 1.90 bits per heavy atom. The summed E-state index contributed by atoms with van der Waals surface area (Å²) in [6.07, 6.45) is 0. The zero-order valence-electron chi connectivity index (χ0n) is 11.7. The van der Waals surface area contributed by atoms with Gasteiger partial charge in [-0.2, -0.15) is 0 Å². The van der Waals surface area contributed by atoms with Gasteiger partial charge in [-0.05, 0) is 39.2 Å². The smallest absolute Gasteiger partial charge is 0.0548 e. The van der Waals surface area contributed by atoms with Crippen LogP contribution in [-0.2, 0) is 6.54 Å². The van der Waals surface area contributed by atoms with Crippen LogP contribution in [0.3, 0.4) is 0 Å². The second-order valence-corrected chi connectivity index (χ2v) is 6.89. The van der Waals surface area contributed by atoms with E-state index in [1.54, 1.807) is 0 Å². The number of hydrogen-bond donors (Lipinski definition) is 1. The highest BCUT2D eigenvalue weighted by Crippen LogP contribution is 2.32. The van der Waals surface area contributed by atoms with Crippen molar-refractivity contribution in [1.29, 1.82) is 0 Å². The summed E-state index contributed by atoms with van der Waals surface area (Å²) in [5.41, 5.74) is 8.95. The molecular formula is C17H18BrClN2. The molecule has 2 atom stereocenters. The molecule has 0 saturated carbocycles. The molecule has 2 unspecified atom stereocenters. The summed E-state index contributed by atoms with van der Waals surface area (Å²) >= 11 is 9.57. The second-order valence-electron chi connectivity index (χ2n) is 5.62. The van der Waals surface area contributed by atoms with Crippen molar-refractivity contribution in [3.8, 4) is 0 Å². The fourth-order valence-corrected chi connectivity index (χ4v) is 3.49. The summed E-state index contributed by atoms with van der Waals surface area (Å²) in [7, 11) is 0. The van der Waals surface area contributed by atoms with E-state index in [9.17, 15) is 0 Å². The highest BCUT2D eigenvalue weighted by Gasteiger charge is 2.31. The molecule has 110 valence electrons. The van der Waals surface area contributed by atoms with E-state index in [1.807, 2.05) is 12.1 Å². The molecule has 0 bridgehead atoms. The first kappa shape index (κ1) is 15.0. The summed E-state index contributed by atoms with van der Waals surface area (Å²) in [5, 5.41) is 0.742. The van der Waals surface area contributed by atoms with E-state index in [1.165, 1.54) is 11.1 Å². The summed E-state index contributed by atoms with van der Waals surface area (Å²) in [4.78, 5) is 2.42. The van der Waals surface area contributed by atoms with Gasteiger partial charge in [-0.3, -0.25) is 4.90 Å². The summed E-state index contributed by atoms with van der Waals surface area (Å²) < 4.78 is 0.940. The molecule has 2 aromatic carbocycles. The predicted molar refractivity (Wildman–Crippen MR) is 91.6 cm³/mol. The number of likely N-dealkylation sites (tertiary alicyclic amines) is 1. The van der Waals surface area contributed by atoms with Gasteiger partial charge < -0.3 is 5.73 Å². The highest BCUT2D eigenvalue weighted by molar-refractivity contribution is 9.10. The third-order valence-corrected chi connectivity index (χ3v) is 5.28. The third-order valence-electron chi connectivity index (χ3n) is 4.06. The van der Waals surface area contributed by atoms with Gasteiger partial charge in [0.1, 0.15) is 0 Å². The molecule has 1 fully saturated rings. The van der Waals surface area contributed by atoms with E-state index in [-0.39, 0.29) is 6.04 Å². The van der Waals surface area contributed by atoms with Gasteiger partial charge in [0, 0.05) is 36.1 Å². The van der Waals surface area contributed by atoms with Crippen LogP contribution in [0.15, 0.2) is 53.0 Å². The Kier molecular flexibility index (Phi) is 4.65. The number of benzene rings is 2. The lowest BCUT2D eigenvalue weighted by Crippen LogP contribution is -2.28. The first-order chi connectivity index (χ1) is 10.1. The lowest BCUT2D eigenvalue weighted by atomic mass is 9.95. The van der Waals surface area contributed by atoms with E-state index >= 15 is 0 Å². The SMILES string of the molecule is NC1CN(Cc2ccccc2)CC1c1ccc(Cl)c(Br)c1. The second kappa shape index (κ2) is 6.49. The molecule has 0 amide bonds. The van der Waals surface area contributed by atoms with Crippen LogP contribution in [0.25, 0.3) is 0 Å². The highest BCUT2D eigenvalue weighted by atomic mass is 79.9. The standard InChI is InChI=1S/C17H18BrClN2/c18-15-8-13(6-7-16(15)19)14-10-21(11-17(14)20)9-12-4-2-1-3-5-12/h1-8,14,17H,9-11,20H2. The fourth-order valence-electron chi connectivity index (χ4n) is 2.98. The van der Waals surface area contributed by atoms with Crippen molar-refractivity contribution in [2.45, 2.75) is 18.5 Å². The molecule has 0 spiro atoms. The summed E-state index contributed by atoms with van der Waals surface area (Å²) in [6.45, 7) is 2.88. The Labute approximate surface area is 139 Å². The third kappa shape index (κ3) is 3.49. The molecule has 0 aliphatic carbocycles. The minimum Gasteiger partial charge on any atom is -0.326 e. The van der Waals surface area contributed by atoms with Gasteiger partial charge in [0.2, 0.25) is 0 Å². The monoisotopic (exact) mass is 364 g/mol. The summed E-state index contributed by atoms with van der Waals surface area (Å²) in [5.74, 6) is 0.363. The van der Waals surface area contributed by atoms with Gasteiger partial charge in [0.05, 0.1) is 5.02 Å². The molecule has 2 nitrogen and oxygen atoms in total. The van der Waals surface area contributed by atoms with Crippen LogP contribution in [0.1, 0.15) is 17.0 Å². The van der Waals surface area contributed by atoms with Crippen LogP contribution in [0, 0.1) is 0 Å². The molecule has 21 heavy (non-hydrogen) atoms. The minimum atomic E-state index is 0.168. The number of hydrogen-bond acceptors (Lipinski definition) is 2. The average molecular weight is 366 g/mol. The molecule has 2 N–H and O–H groups in total. The van der Waals surface area contributed by atoms with Crippen molar-refractivity contribution < 1.29 is 0 Å². The van der Waals surface area contributed by atoms with Gasteiger partial charge in [0.15, 0.2) is 0 Å². The molecule has 4 heteroatoms.